The van der Waals surface area contributed by atoms with Gasteiger partial charge in [-0.05, 0) is 57.6 Å². The van der Waals surface area contributed by atoms with E-state index < -0.39 is 5.97 Å². The van der Waals surface area contributed by atoms with Crippen LogP contribution in [0, 0.1) is 6.57 Å². The number of carboxylic acids is 1. The smallest absolute Gasteiger partial charge is 0.327 e. The van der Waals surface area contributed by atoms with Crippen LogP contribution in [0.15, 0.2) is 35.0 Å². The van der Waals surface area contributed by atoms with Gasteiger partial charge < -0.3 is 14.9 Å². The molecule has 32 heavy (non-hydrogen) atoms. The lowest BCUT2D eigenvalue weighted by Gasteiger charge is -2.48. The van der Waals surface area contributed by atoms with Gasteiger partial charge in [0.15, 0.2) is 6.54 Å². The second-order valence-electron chi connectivity index (χ2n) is 9.95. The number of anilines is 1. The number of hydrogen-bond donors (Lipinski definition) is 1. The Labute approximate surface area is 194 Å². The Bertz CT molecular complexity index is 1100. The van der Waals surface area contributed by atoms with Gasteiger partial charge in [-0.1, -0.05) is 64.7 Å². The summed E-state index contributed by atoms with van der Waals surface area (Å²) in [5.41, 5.74) is 6.04. The normalized spacial score (nSPS) is 22.2. The monoisotopic (exact) mass is 448 g/mol. The minimum atomic E-state index is -1.04. The summed E-state index contributed by atoms with van der Waals surface area (Å²) in [7, 11) is 0. The van der Waals surface area contributed by atoms with Crippen LogP contribution in [0.3, 0.4) is 0 Å². The van der Waals surface area contributed by atoms with E-state index in [9.17, 15) is 4.79 Å². The van der Waals surface area contributed by atoms with Crippen LogP contribution in [0.2, 0.25) is 0 Å². The van der Waals surface area contributed by atoms with E-state index in [0.717, 1.165) is 31.5 Å². The number of benzene rings is 1. The van der Waals surface area contributed by atoms with Crippen molar-refractivity contribution in [1.82, 2.24) is 5.01 Å². The fraction of sp³-hybridized carbons (Fsp3) is 0.440. The maximum Gasteiger partial charge on any atom is 0.327 e. The van der Waals surface area contributed by atoms with Crippen molar-refractivity contribution < 1.29 is 9.90 Å². The first-order chi connectivity index (χ1) is 15.0. The van der Waals surface area contributed by atoms with E-state index in [1.165, 1.54) is 21.8 Å². The molecule has 0 radical (unpaired) electrons. The molecule has 3 aliphatic rings. The Hall–Kier alpha value is -2.98. The van der Waals surface area contributed by atoms with Gasteiger partial charge in [0.25, 0.3) is 0 Å². The predicted molar refractivity (Wildman–Crippen MR) is 132 cm³/mol. The summed E-state index contributed by atoms with van der Waals surface area (Å²) in [6.45, 7) is 18.5. The first-order valence-electron chi connectivity index (χ1n) is 10.9. The number of amidine groups is 1. The lowest BCUT2D eigenvalue weighted by Crippen LogP contribution is -2.44. The summed E-state index contributed by atoms with van der Waals surface area (Å²) in [4.78, 5) is 17.2. The van der Waals surface area contributed by atoms with Crippen molar-refractivity contribution >= 4 is 40.8 Å². The summed E-state index contributed by atoms with van der Waals surface area (Å²) in [5.74, 6) is -0.918. The Balaban J connectivity index is 1.70. The maximum atomic E-state index is 11.0. The predicted octanol–water partition coefficient (Wildman–Crippen LogP) is 4.76. The van der Waals surface area contributed by atoms with Gasteiger partial charge in [0, 0.05) is 24.4 Å². The van der Waals surface area contributed by atoms with Gasteiger partial charge in [0.2, 0.25) is 0 Å². The summed E-state index contributed by atoms with van der Waals surface area (Å²) < 4.78 is 0. The third kappa shape index (κ3) is 3.84. The molecule has 0 spiro atoms. The van der Waals surface area contributed by atoms with Gasteiger partial charge in [0.1, 0.15) is 4.99 Å². The largest absolute Gasteiger partial charge is 0.480 e. The van der Waals surface area contributed by atoms with E-state index in [4.69, 9.17) is 23.9 Å². The fourth-order valence-electron chi connectivity index (χ4n) is 4.73. The van der Waals surface area contributed by atoms with Gasteiger partial charge in [-0.2, -0.15) is 5.01 Å². The van der Waals surface area contributed by atoms with Crippen molar-refractivity contribution in [1.29, 1.82) is 0 Å². The number of hydrogen-bond acceptors (Lipinski definition) is 4. The molecular formula is C25H28N4O2S. The van der Waals surface area contributed by atoms with Gasteiger partial charge in [-0.15, -0.1) is 0 Å². The molecular weight excluding hydrogens is 420 g/mol. The SMILES string of the molecule is [C-]#[N+]C1=NN(CC(=O)O)C(=S)/C1=C\C=C\c1cc2c3c(c1)C(C)(C)CCN3CCC2(C)C. The number of rotatable bonds is 4. The summed E-state index contributed by atoms with van der Waals surface area (Å²) in [6.07, 6.45) is 7.94. The standard InChI is InChI=1S/C25H28N4O2S/c1-24(2)9-11-28-12-10-25(3,4)19-14-16(13-18(24)21(19)28)7-6-8-17-22(26-5)27-29(23(17)32)15-20(30)31/h6-8,13-14H,9-12,15H2,1-4H3,(H,30,31)/b7-6+,17-8-. The van der Waals surface area contributed by atoms with Crippen molar-refractivity contribution in [3.05, 3.63) is 58.0 Å². The summed E-state index contributed by atoms with van der Waals surface area (Å²) in [6, 6.07) is 4.57. The molecule has 0 unspecified atom stereocenters. The third-order valence-electron chi connectivity index (χ3n) is 6.78. The number of aliphatic carboxylic acids is 1. The minimum absolute atomic E-state index is 0.116. The van der Waals surface area contributed by atoms with Crippen LogP contribution in [-0.4, -0.2) is 46.5 Å². The van der Waals surface area contributed by atoms with Crippen molar-refractivity contribution in [2.75, 3.05) is 24.5 Å². The van der Waals surface area contributed by atoms with Crippen LogP contribution in [0.4, 0.5) is 5.69 Å². The molecule has 0 aromatic heterocycles. The van der Waals surface area contributed by atoms with Crippen LogP contribution in [0.5, 0.6) is 0 Å². The molecule has 0 bridgehead atoms. The Morgan fingerprint density at radius 2 is 1.81 bits per heavy atom. The Morgan fingerprint density at radius 3 is 2.34 bits per heavy atom. The molecule has 7 heteroatoms. The summed E-state index contributed by atoms with van der Waals surface area (Å²) >= 11 is 5.35. The van der Waals surface area contributed by atoms with E-state index in [0.29, 0.717) is 5.57 Å². The van der Waals surface area contributed by atoms with E-state index >= 15 is 0 Å². The average Bonchev–Trinajstić information content (AvgIpc) is 3.01. The molecule has 3 heterocycles. The van der Waals surface area contributed by atoms with Gasteiger partial charge in [0.05, 0.1) is 0 Å². The molecule has 3 aliphatic heterocycles. The fourth-order valence-corrected chi connectivity index (χ4v) is 4.99. The van der Waals surface area contributed by atoms with E-state index in [-0.39, 0.29) is 28.2 Å². The topological polar surface area (TPSA) is 60.5 Å². The average molecular weight is 449 g/mol. The highest BCUT2D eigenvalue weighted by molar-refractivity contribution is 7.80. The zero-order valence-corrected chi connectivity index (χ0v) is 19.8. The van der Waals surface area contributed by atoms with Crippen molar-refractivity contribution in [3.63, 3.8) is 0 Å². The first kappa shape index (κ1) is 22.2. The zero-order chi connectivity index (χ0) is 23.3. The molecule has 1 aromatic carbocycles. The lowest BCUT2D eigenvalue weighted by molar-refractivity contribution is -0.137. The quantitative estimate of drug-likeness (QED) is 0.409. The molecule has 0 saturated carbocycles. The van der Waals surface area contributed by atoms with Crippen LogP contribution >= 0.6 is 12.2 Å². The molecule has 1 aromatic rings. The number of nitrogens with zero attached hydrogens (tertiary/aromatic N) is 4. The first-order valence-corrected chi connectivity index (χ1v) is 11.3. The zero-order valence-electron chi connectivity index (χ0n) is 19.0. The van der Waals surface area contributed by atoms with Crippen LogP contribution < -0.4 is 4.90 Å². The highest BCUT2D eigenvalue weighted by Crippen LogP contribution is 2.49. The Kier molecular flexibility index (Phi) is 5.46. The van der Waals surface area contributed by atoms with E-state index in [1.807, 2.05) is 12.2 Å². The van der Waals surface area contributed by atoms with E-state index in [2.05, 4.69) is 54.7 Å². The number of allylic oxidation sites excluding steroid dienone is 2. The molecule has 0 aliphatic carbocycles. The molecule has 0 atom stereocenters. The van der Waals surface area contributed by atoms with Gasteiger partial charge in [-0.3, -0.25) is 4.79 Å². The molecule has 4 rings (SSSR count). The van der Waals surface area contributed by atoms with E-state index in [1.54, 1.807) is 6.08 Å². The highest BCUT2D eigenvalue weighted by Gasteiger charge is 2.39. The second-order valence-corrected chi connectivity index (χ2v) is 10.3. The van der Waals surface area contributed by atoms with Crippen molar-refractivity contribution in [2.24, 2.45) is 5.10 Å². The molecule has 166 valence electrons. The van der Waals surface area contributed by atoms with Crippen LogP contribution in [0.1, 0.15) is 57.2 Å². The second kappa shape index (κ2) is 7.86. The number of hydrazone groups is 1. The maximum absolute atomic E-state index is 11.0. The number of carboxylic acid groups (broad SMARTS) is 1. The minimum Gasteiger partial charge on any atom is -0.480 e. The Morgan fingerprint density at radius 1 is 1.22 bits per heavy atom. The van der Waals surface area contributed by atoms with Crippen molar-refractivity contribution in [2.45, 2.75) is 51.4 Å². The van der Waals surface area contributed by atoms with Crippen molar-refractivity contribution in [3.8, 4) is 0 Å². The highest BCUT2D eigenvalue weighted by atomic mass is 32.1. The van der Waals surface area contributed by atoms with Crippen LogP contribution in [-0.2, 0) is 15.6 Å². The number of carbonyl (C=O) groups is 1. The molecule has 0 fully saturated rings. The lowest BCUT2D eigenvalue weighted by atomic mass is 9.69. The number of thiocarbonyl (C=S) groups is 1. The molecule has 0 amide bonds. The van der Waals surface area contributed by atoms with Gasteiger partial charge >= 0.3 is 11.8 Å². The van der Waals surface area contributed by atoms with Crippen LogP contribution in [0.25, 0.3) is 10.9 Å². The molecule has 1 N–H and O–H groups in total. The molecule has 0 saturated heterocycles. The molecule has 6 nitrogen and oxygen atoms in total. The summed E-state index contributed by atoms with van der Waals surface area (Å²) in [5, 5.41) is 14.3. The van der Waals surface area contributed by atoms with Gasteiger partial charge in [-0.25, -0.2) is 0 Å². The third-order valence-corrected chi connectivity index (χ3v) is 7.21.